The number of nitrogens with one attached hydrogen (secondary N) is 2. The number of hydrogen-bond acceptors (Lipinski definition) is 6. The van der Waals surface area contributed by atoms with Gasteiger partial charge in [-0.15, -0.1) is 0 Å². The van der Waals surface area contributed by atoms with E-state index in [4.69, 9.17) is 10.5 Å². The molecule has 3 aromatic heterocycles. The minimum atomic E-state index is -0.601. The standard InChI is InChI=1S/C19H16N6O2/c1-11-2-4-13(5-3-11)27-15-7-9-22-18-16(15)19(25-24-18)23-12-6-8-21-14(10-12)17(20)26/h2-10H,1H3,(H2,20,26)(H2,21,22,23,24,25). The monoisotopic (exact) mass is 360 g/mol. The van der Waals surface area contributed by atoms with Crippen LogP contribution in [0.3, 0.4) is 0 Å². The molecule has 0 bridgehead atoms. The van der Waals surface area contributed by atoms with E-state index in [2.05, 4.69) is 25.5 Å². The van der Waals surface area contributed by atoms with Gasteiger partial charge in [0.1, 0.15) is 22.6 Å². The molecule has 4 N–H and O–H groups in total. The Bertz CT molecular complexity index is 1120. The van der Waals surface area contributed by atoms with Gasteiger partial charge in [-0.1, -0.05) is 17.7 Å². The number of aromatic amines is 1. The Morgan fingerprint density at radius 1 is 1.11 bits per heavy atom. The Balaban J connectivity index is 1.71. The van der Waals surface area contributed by atoms with Crippen molar-refractivity contribution in [2.75, 3.05) is 5.32 Å². The maximum absolute atomic E-state index is 11.3. The Morgan fingerprint density at radius 3 is 2.67 bits per heavy atom. The van der Waals surface area contributed by atoms with E-state index in [0.29, 0.717) is 34.0 Å². The van der Waals surface area contributed by atoms with Crippen molar-refractivity contribution in [2.24, 2.45) is 5.73 Å². The molecule has 0 saturated heterocycles. The van der Waals surface area contributed by atoms with Crippen LogP contribution >= 0.6 is 0 Å². The van der Waals surface area contributed by atoms with Crippen molar-refractivity contribution in [3.05, 3.63) is 66.1 Å². The lowest BCUT2D eigenvalue weighted by Gasteiger charge is -2.09. The van der Waals surface area contributed by atoms with E-state index in [1.165, 1.54) is 6.20 Å². The fourth-order valence-electron chi connectivity index (χ4n) is 2.61. The first-order valence-electron chi connectivity index (χ1n) is 8.20. The van der Waals surface area contributed by atoms with E-state index < -0.39 is 5.91 Å². The third kappa shape index (κ3) is 3.40. The Kier molecular flexibility index (Phi) is 4.13. The Morgan fingerprint density at radius 2 is 1.89 bits per heavy atom. The molecular formula is C19H16N6O2. The van der Waals surface area contributed by atoms with Crippen LogP contribution in [0.5, 0.6) is 11.5 Å². The van der Waals surface area contributed by atoms with Gasteiger partial charge < -0.3 is 15.8 Å². The highest BCUT2D eigenvalue weighted by atomic mass is 16.5. The fourth-order valence-corrected chi connectivity index (χ4v) is 2.61. The molecule has 0 radical (unpaired) electrons. The van der Waals surface area contributed by atoms with Crippen LogP contribution < -0.4 is 15.8 Å². The van der Waals surface area contributed by atoms with Crippen LogP contribution in [0.25, 0.3) is 11.0 Å². The number of aromatic nitrogens is 4. The minimum Gasteiger partial charge on any atom is -0.456 e. The molecule has 0 aliphatic rings. The first kappa shape index (κ1) is 16.5. The molecule has 8 heteroatoms. The number of benzene rings is 1. The van der Waals surface area contributed by atoms with E-state index in [1.54, 1.807) is 24.4 Å². The molecule has 0 unspecified atom stereocenters. The van der Waals surface area contributed by atoms with Gasteiger partial charge in [-0.25, -0.2) is 4.98 Å². The second kappa shape index (κ2) is 6.75. The predicted octanol–water partition coefficient (Wildman–Crippen LogP) is 3.30. The number of carbonyl (C=O) groups is 1. The molecule has 27 heavy (non-hydrogen) atoms. The first-order valence-corrected chi connectivity index (χ1v) is 8.20. The third-order valence-electron chi connectivity index (χ3n) is 3.95. The first-order chi connectivity index (χ1) is 13.1. The van der Waals surface area contributed by atoms with Crippen molar-refractivity contribution >= 4 is 28.4 Å². The van der Waals surface area contributed by atoms with Crippen LogP contribution in [0.1, 0.15) is 16.1 Å². The van der Waals surface area contributed by atoms with Crippen LogP contribution in [0.15, 0.2) is 54.9 Å². The zero-order valence-corrected chi connectivity index (χ0v) is 14.4. The summed E-state index contributed by atoms with van der Waals surface area (Å²) in [7, 11) is 0. The molecule has 0 saturated carbocycles. The number of hydrogen-bond donors (Lipinski definition) is 3. The zero-order chi connectivity index (χ0) is 18.8. The van der Waals surface area contributed by atoms with Gasteiger partial charge in [0.05, 0.1) is 0 Å². The molecule has 134 valence electrons. The highest BCUT2D eigenvalue weighted by Crippen LogP contribution is 2.34. The van der Waals surface area contributed by atoms with Gasteiger partial charge in [0.2, 0.25) is 0 Å². The number of nitrogens with two attached hydrogens (primary N) is 1. The quantitative estimate of drug-likeness (QED) is 0.502. The molecule has 8 nitrogen and oxygen atoms in total. The number of amides is 1. The number of H-pyrrole nitrogens is 1. The largest absolute Gasteiger partial charge is 0.456 e. The van der Waals surface area contributed by atoms with Crippen molar-refractivity contribution in [3.8, 4) is 11.5 Å². The molecule has 0 aliphatic heterocycles. The van der Waals surface area contributed by atoms with E-state index in [9.17, 15) is 4.79 Å². The molecule has 0 atom stereocenters. The van der Waals surface area contributed by atoms with Gasteiger partial charge in [0.15, 0.2) is 11.5 Å². The number of ether oxygens (including phenoxy) is 1. The summed E-state index contributed by atoms with van der Waals surface area (Å²) in [6, 6.07) is 12.8. The van der Waals surface area contributed by atoms with Crippen LogP contribution in [0.2, 0.25) is 0 Å². The number of anilines is 2. The summed E-state index contributed by atoms with van der Waals surface area (Å²) in [6.45, 7) is 2.02. The van der Waals surface area contributed by atoms with E-state index in [0.717, 1.165) is 5.56 Å². The summed E-state index contributed by atoms with van der Waals surface area (Å²) in [5.74, 6) is 1.22. The van der Waals surface area contributed by atoms with Gasteiger partial charge in [-0.3, -0.25) is 14.9 Å². The summed E-state index contributed by atoms with van der Waals surface area (Å²) in [5.41, 5.74) is 7.79. The maximum Gasteiger partial charge on any atom is 0.267 e. The minimum absolute atomic E-state index is 0.161. The second-order valence-electron chi connectivity index (χ2n) is 5.94. The molecule has 0 aliphatic carbocycles. The maximum atomic E-state index is 11.3. The number of fused-ring (bicyclic) bond motifs is 1. The molecule has 0 spiro atoms. The molecule has 4 aromatic rings. The number of primary amides is 1. The second-order valence-corrected chi connectivity index (χ2v) is 5.94. The highest BCUT2D eigenvalue weighted by Gasteiger charge is 2.14. The normalized spacial score (nSPS) is 10.7. The molecule has 0 fully saturated rings. The van der Waals surface area contributed by atoms with Crippen molar-refractivity contribution in [2.45, 2.75) is 6.92 Å². The number of aryl methyl sites for hydroxylation is 1. The topological polar surface area (TPSA) is 119 Å². The molecule has 1 amide bonds. The van der Waals surface area contributed by atoms with Crippen molar-refractivity contribution in [1.82, 2.24) is 20.2 Å². The number of nitrogens with zero attached hydrogens (tertiary/aromatic N) is 3. The summed E-state index contributed by atoms with van der Waals surface area (Å²) < 4.78 is 6.02. The molecule has 4 rings (SSSR count). The van der Waals surface area contributed by atoms with Gasteiger partial charge in [0, 0.05) is 24.1 Å². The van der Waals surface area contributed by atoms with Gasteiger partial charge in [-0.2, -0.15) is 5.10 Å². The Labute approximate surface area is 154 Å². The lowest BCUT2D eigenvalue weighted by molar-refractivity contribution is 0.0995. The Hall–Kier alpha value is -3.94. The third-order valence-corrected chi connectivity index (χ3v) is 3.95. The van der Waals surface area contributed by atoms with E-state index in [-0.39, 0.29) is 5.69 Å². The predicted molar refractivity (Wildman–Crippen MR) is 101 cm³/mol. The highest BCUT2D eigenvalue weighted by molar-refractivity contribution is 5.95. The summed E-state index contributed by atoms with van der Waals surface area (Å²) in [4.78, 5) is 19.5. The molecule has 3 heterocycles. The van der Waals surface area contributed by atoms with Crippen molar-refractivity contribution < 1.29 is 9.53 Å². The summed E-state index contributed by atoms with van der Waals surface area (Å²) in [5, 5.41) is 11.0. The lowest BCUT2D eigenvalue weighted by atomic mass is 10.2. The van der Waals surface area contributed by atoms with Gasteiger partial charge in [-0.05, 0) is 31.2 Å². The number of pyridine rings is 2. The van der Waals surface area contributed by atoms with E-state index in [1.807, 2.05) is 31.2 Å². The average Bonchev–Trinajstić information content (AvgIpc) is 3.08. The lowest BCUT2D eigenvalue weighted by Crippen LogP contribution is -2.13. The van der Waals surface area contributed by atoms with E-state index >= 15 is 0 Å². The van der Waals surface area contributed by atoms with Crippen LogP contribution in [-0.4, -0.2) is 26.1 Å². The van der Waals surface area contributed by atoms with Gasteiger partial charge in [0.25, 0.3) is 5.91 Å². The van der Waals surface area contributed by atoms with Crippen LogP contribution in [0, 0.1) is 6.92 Å². The smallest absolute Gasteiger partial charge is 0.267 e. The van der Waals surface area contributed by atoms with Crippen molar-refractivity contribution in [1.29, 1.82) is 0 Å². The molecular weight excluding hydrogens is 344 g/mol. The summed E-state index contributed by atoms with van der Waals surface area (Å²) in [6.07, 6.45) is 3.14. The van der Waals surface area contributed by atoms with Crippen LogP contribution in [-0.2, 0) is 0 Å². The summed E-state index contributed by atoms with van der Waals surface area (Å²) >= 11 is 0. The van der Waals surface area contributed by atoms with Crippen molar-refractivity contribution in [3.63, 3.8) is 0 Å². The SMILES string of the molecule is Cc1ccc(Oc2ccnc3[nH]nc(Nc4ccnc(C(N)=O)c4)c23)cc1. The van der Waals surface area contributed by atoms with Gasteiger partial charge >= 0.3 is 0 Å². The number of carbonyl (C=O) groups excluding carboxylic acids is 1. The zero-order valence-electron chi connectivity index (χ0n) is 14.4. The average molecular weight is 360 g/mol. The molecule has 1 aromatic carbocycles. The fraction of sp³-hybridized carbons (Fsp3) is 0.0526. The number of rotatable bonds is 5. The van der Waals surface area contributed by atoms with Crippen LogP contribution in [0.4, 0.5) is 11.5 Å².